The third-order valence-electron chi connectivity index (χ3n) is 2.49. The van der Waals surface area contributed by atoms with Crippen molar-refractivity contribution in [3.8, 4) is 0 Å². The van der Waals surface area contributed by atoms with Crippen LogP contribution in [0.5, 0.6) is 0 Å². The van der Waals surface area contributed by atoms with Crippen molar-refractivity contribution >= 4 is 12.2 Å². The Morgan fingerprint density at radius 1 is 1.07 bits per heavy atom. The predicted molar refractivity (Wildman–Crippen MR) is 53.6 cm³/mol. The minimum absolute atomic E-state index is 0.163. The van der Waals surface area contributed by atoms with Crippen LogP contribution in [-0.4, -0.2) is 25.2 Å². The van der Waals surface area contributed by atoms with Gasteiger partial charge in [0, 0.05) is 5.41 Å². The normalized spacial score (nSPS) is 13.6. The van der Waals surface area contributed by atoms with Gasteiger partial charge in [-0.15, -0.1) is 0 Å². The first kappa shape index (κ1) is 12.8. The molecular formula is C10H16N2O2. The van der Waals surface area contributed by atoms with Crippen molar-refractivity contribution in [2.24, 2.45) is 15.4 Å². The Bertz CT molecular complexity index is 231. The molecule has 0 saturated carbocycles. The molecule has 4 nitrogen and oxygen atoms in total. The Balaban J connectivity index is 4.56. The molecular weight excluding hydrogens is 180 g/mol. The van der Waals surface area contributed by atoms with E-state index < -0.39 is 0 Å². The van der Waals surface area contributed by atoms with Gasteiger partial charge in [-0.05, 0) is 12.8 Å². The van der Waals surface area contributed by atoms with Crippen molar-refractivity contribution in [1.29, 1.82) is 0 Å². The van der Waals surface area contributed by atoms with Crippen molar-refractivity contribution < 1.29 is 9.59 Å². The number of hydrogen-bond acceptors (Lipinski definition) is 4. The second-order valence-electron chi connectivity index (χ2n) is 3.42. The fourth-order valence-electron chi connectivity index (χ4n) is 1.54. The smallest absolute Gasteiger partial charge is 0.211 e. The van der Waals surface area contributed by atoms with Crippen LogP contribution >= 0.6 is 0 Å². The van der Waals surface area contributed by atoms with E-state index in [-0.39, 0.29) is 5.41 Å². The minimum Gasteiger partial charge on any atom is -0.211 e. The maximum Gasteiger partial charge on any atom is 0.234 e. The molecule has 0 aliphatic carbocycles. The summed E-state index contributed by atoms with van der Waals surface area (Å²) in [6.45, 7) is 4.86. The van der Waals surface area contributed by atoms with Crippen LogP contribution in [0.4, 0.5) is 0 Å². The van der Waals surface area contributed by atoms with Gasteiger partial charge in [-0.25, -0.2) is 19.6 Å². The highest BCUT2D eigenvalue weighted by Gasteiger charge is 2.26. The van der Waals surface area contributed by atoms with Gasteiger partial charge in [0.05, 0.1) is 13.1 Å². The summed E-state index contributed by atoms with van der Waals surface area (Å²) in [5.41, 5.74) is -0.163. The number of hydrogen-bond donors (Lipinski definition) is 0. The summed E-state index contributed by atoms with van der Waals surface area (Å²) in [7, 11) is 0. The summed E-state index contributed by atoms with van der Waals surface area (Å²) < 4.78 is 0. The van der Waals surface area contributed by atoms with Crippen molar-refractivity contribution in [2.75, 3.05) is 13.1 Å². The van der Waals surface area contributed by atoms with Gasteiger partial charge in [0.25, 0.3) is 0 Å². The van der Waals surface area contributed by atoms with E-state index in [4.69, 9.17) is 0 Å². The lowest BCUT2D eigenvalue weighted by atomic mass is 9.81. The average molecular weight is 196 g/mol. The van der Waals surface area contributed by atoms with Crippen molar-refractivity contribution in [2.45, 2.75) is 33.1 Å². The lowest BCUT2D eigenvalue weighted by Crippen LogP contribution is -2.27. The molecule has 14 heavy (non-hydrogen) atoms. The van der Waals surface area contributed by atoms with Gasteiger partial charge in [0.15, 0.2) is 0 Å². The molecule has 0 spiro atoms. The molecule has 0 aromatic carbocycles. The van der Waals surface area contributed by atoms with E-state index in [1.54, 1.807) is 0 Å². The van der Waals surface area contributed by atoms with Gasteiger partial charge in [-0.3, -0.25) is 0 Å². The first-order valence-electron chi connectivity index (χ1n) is 4.82. The van der Waals surface area contributed by atoms with Crippen LogP contribution in [0.1, 0.15) is 33.1 Å². The summed E-state index contributed by atoms with van der Waals surface area (Å²) in [6.07, 6.45) is 5.78. The summed E-state index contributed by atoms with van der Waals surface area (Å²) in [5.74, 6) is 0. The number of rotatable bonds is 7. The van der Waals surface area contributed by atoms with Gasteiger partial charge < -0.3 is 0 Å². The topological polar surface area (TPSA) is 58.9 Å². The molecule has 0 aliphatic rings. The Labute approximate surface area is 84.1 Å². The second kappa shape index (κ2) is 7.19. The minimum atomic E-state index is -0.163. The molecule has 0 heterocycles. The highest BCUT2D eigenvalue weighted by atomic mass is 16.1. The summed E-state index contributed by atoms with van der Waals surface area (Å²) in [6, 6.07) is 0. The monoisotopic (exact) mass is 196 g/mol. The average Bonchev–Trinajstić information content (AvgIpc) is 2.22. The molecule has 0 saturated heterocycles. The SMILES string of the molecule is CCCC(CC)(CN=C=O)CN=C=O. The molecule has 0 N–H and O–H groups in total. The number of isocyanates is 2. The molecule has 0 atom stereocenters. The first-order valence-corrected chi connectivity index (χ1v) is 4.82. The van der Waals surface area contributed by atoms with Crippen molar-refractivity contribution in [3.05, 3.63) is 0 Å². The Hall–Kier alpha value is -1.24. The van der Waals surface area contributed by atoms with Crippen LogP contribution in [0.3, 0.4) is 0 Å². The maximum absolute atomic E-state index is 10.0. The number of aliphatic imine (C=N–C) groups is 2. The van der Waals surface area contributed by atoms with Crippen LogP contribution in [0.15, 0.2) is 9.98 Å². The standard InChI is InChI=1S/C10H16N2O2/c1-3-5-10(4-2,6-11-8-13)7-12-9-14/h3-7H2,1-2H3. The van der Waals surface area contributed by atoms with E-state index in [9.17, 15) is 9.59 Å². The molecule has 0 bridgehead atoms. The van der Waals surface area contributed by atoms with Crippen LogP contribution in [0.25, 0.3) is 0 Å². The summed E-state index contributed by atoms with van der Waals surface area (Å²) in [4.78, 5) is 27.3. The largest absolute Gasteiger partial charge is 0.234 e. The molecule has 0 aromatic heterocycles. The lowest BCUT2D eigenvalue weighted by Gasteiger charge is -2.27. The van der Waals surface area contributed by atoms with Crippen LogP contribution in [-0.2, 0) is 9.59 Å². The predicted octanol–water partition coefficient (Wildman–Crippen LogP) is 1.85. The Morgan fingerprint density at radius 2 is 1.57 bits per heavy atom. The zero-order chi connectivity index (χ0) is 10.9. The lowest BCUT2D eigenvalue weighted by molar-refractivity contribution is 0.271. The fourth-order valence-corrected chi connectivity index (χ4v) is 1.54. The highest BCUT2D eigenvalue weighted by molar-refractivity contribution is 5.34. The second-order valence-corrected chi connectivity index (χ2v) is 3.42. The molecule has 0 unspecified atom stereocenters. The zero-order valence-corrected chi connectivity index (χ0v) is 8.75. The third kappa shape index (κ3) is 4.13. The molecule has 0 aromatic rings. The molecule has 0 amide bonds. The van der Waals surface area contributed by atoms with Gasteiger partial charge in [-0.2, -0.15) is 0 Å². The third-order valence-corrected chi connectivity index (χ3v) is 2.49. The van der Waals surface area contributed by atoms with Crippen LogP contribution in [0.2, 0.25) is 0 Å². The van der Waals surface area contributed by atoms with Gasteiger partial charge in [-0.1, -0.05) is 20.3 Å². The quantitative estimate of drug-likeness (QED) is 0.461. The number of carbonyl (C=O) groups excluding carboxylic acids is 2. The van der Waals surface area contributed by atoms with E-state index in [1.165, 1.54) is 12.2 Å². The van der Waals surface area contributed by atoms with Crippen LogP contribution < -0.4 is 0 Å². The van der Waals surface area contributed by atoms with Crippen molar-refractivity contribution in [3.63, 3.8) is 0 Å². The van der Waals surface area contributed by atoms with E-state index in [2.05, 4.69) is 16.9 Å². The summed E-state index contributed by atoms with van der Waals surface area (Å²) >= 11 is 0. The Kier molecular flexibility index (Phi) is 6.55. The molecule has 0 radical (unpaired) electrons. The van der Waals surface area contributed by atoms with Crippen molar-refractivity contribution in [1.82, 2.24) is 0 Å². The van der Waals surface area contributed by atoms with Gasteiger partial charge in [0.1, 0.15) is 0 Å². The molecule has 0 fully saturated rings. The first-order chi connectivity index (χ1) is 6.74. The van der Waals surface area contributed by atoms with Gasteiger partial charge >= 0.3 is 0 Å². The van der Waals surface area contributed by atoms with E-state index in [0.717, 1.165) is 19.3 Å². The molecule has 4 heteroatoms. The van der Waals surface area contributed by atoms with E-state index >= 15 is 0 Å². The maximum atomic E-state index is 10.0. The van der Waals surface area contributed by atoms with Gasteiger partial charge in [0.2, 0.25) is 12.2 Å². The van der Waals surface area contributed by atoms with E-state index in [1.807, 2.05) is 6.92 Å². The molecule has 78 valence electrons. The Morgan fingerprint density at radius 3 is 1.86 bits per heavy atom. The highest BCUT2D eigenvalue weighted by Crippen LogP contribution is 2.28. The van der Waals surface area contributed by atoms with Crippen LogP contribution in [0, 0.1) is 5.41 Å². The fraction of sp³-hybridized carbons (Fsp3) is 0.800. The summed E-state index contributed by atoms with van der Waals surface area (Å²) in [5, 5.41) is 0. The molecule has 0 aliphatic heterocycles. The number of nitrogens with zero attached hydrogens (tertiary/aromatic N) is 2. The van der Waals surface area contributed by atoms with E-state index in [0.29, 0.717) is 13.1 Å². The zero-order valence-electron chi connectivity index (χ0n) is 8.75. The molecule has 0 rings (SSSR count).